The lowest BCUT2D eigenvalue weighted by Crippen LogP contribution is -2.39. The quantitative estimate of drug-likeness (QED) is 0.891. The Bertz CT molecular complexity index is 800. The van der Waals surface area contributed by atoms with Crippen LogP contribution in [0.5, 0.6) is 0 Å². The molecule has 0 atom stereocenters. The van der Waals surface area contributed by atoms with Crippen molar-refractivity contribution in [1.29, 1.82) is 0 Å². The Morgan fingerprint density at radius 2 is 2.12 bits per heavy atom. The molecule has 2 amide bonds. The first-order chi connectivity index (χ1) is 11.9. The van der Waals surface area contributed by atoms with Crippen LogP contribution in [0.3, 0.4) is 0 Å². The number of benzene rings is 1. The van der Waals surface area contributed by atoms with E-state index >= 15 is 0 Å². The van der Waals surface area contributed by atoms with E-state index in [1.54, 1.807) is 21.7 Å². The third kappa shape index (κ3) is 4.02. The van der Waals surface area contributed by atoms with Crippen molar-refractivity contribution in [3.63, 3.8) is 0 Å². The normalized spacial score (nSPS) is 13.9. The van der Waals surface area contributed by atoms with Crippen LogP contribution < -0.4 is 5.32 Å². The summed E-state index contributed by atoms with van der Waals surface area (Å²) in [7, 11) is 0. The van der Waals surface area contributed by atoms with Crippen LogP contribution in [0.1, 0.15) is 40.4 Å². The van der Waals surface area contributed by atoms with Crippen molar-refractivity contribution < 1.29 is 9.59 Å². The molecule has 6 nitrogen and oxygen atoms in total. The molecular weight excluding hydrogens is 340 g/mol. The molecule has 25 heavy (non-hydrogen) atoms. The second kappa shape index (κ2) is 7.27. The predicted octanol–water partition coefficient (Wildman–Crippen LogP) is 2.58. The highest BCUT2D eigenvalue weighted by atomic mass is 35.5. The third-order valence-electron chi connectivity index (χ3n) is 4.03. The van der Waals surface area contributed by atoms with Gasteiger partial charge in [-0.05, 0) is 23.6 Å². The van der Waals surface area contributed by atoms with E-state index in [-0.39, 0.29) is 17.5 Å². The monoisotopic (exact) mass is 360 g/mol. The lowest BCUT2D eigenvalue weighted by molar-refractivity contribution is 0.0683. The lowest BCUT2D eigenvalue weighted by Gasteiger charge is -2.27. The smallest absolute Gasteiger partial charge is 0.272 e. The molecule has 0 bridgehead atoms. The highest BCUT2D eigenvalue weighted by Gasteiger charge is 2.27. The number of nitrogens with zero attached hydrogens (tertiary/aromatic N) is 3. The minimum atomic E-state index is -0.246. The van der Waals surface area contributed by atoms with Gasteiger partial charge in [-0.15, -0.1) is 0 Å². The van der Waals surface area contributed by atoms with E-state index in [9.17, 15) is 9.59 Å². The summed E-state index contributed by atoms with van der Waals surface area (Å²) in [4.78, 5) is 26.6. The largest absolute Gasteiger partial charge is 0.350 e. The Labute approximate surface area is 151 Å². The highest BCUT2D eigenvalue weighted by Crippen LogP contribution is 2.18. The van der Waals surface area contributed by atoms with Gasteiger partial charge in [-0.1, -0.05) is 37.6 Å². The number of hydrogen-bond donors (Lipinski definition) is 1. The summed E-state index contributed by atoms with van der Waals surface area (Å²) in [6.07, 6.45) is 0. The molecule has 2 heterocycles. The second-order valence-electron chi connectivity index (χ2n) is 6.60. The van der Waals surface area contributed by atoms with E-state index < -0.39 is 0 Å². The van der Waals surface area contributed by atoms with Crippen molar-refractivity contribution in [2.75, 3.05) is 13.1 Å². The molecule has 7 heteroatoms. The van der Waals surface area contributed by atoms with Crippen LogP contribution in [-0.2, 0) is 13.1 Å². The van der Waals surface area contributed by atoms with E-state index in [0.717, 1.165) is 5.56 Å². The number of carbonyl (C=O) groups excluding carboxylic acids is 2. The first kappa shape index (κ1) is 17.5. The maximum Gasteiger partial charge on any atom is 0.272 e. The van der Waals surface area contributed by atoms with Crippen molar-refractivity contribution in [2.24, 2.45) is 5.92 Å². The molecular formula is C18H21ClN4O2. The average molecular weight is 361 g/mol. The first-order valence-electron chi connectivity index (χ1n) is 8.34. The van der Waals surface area contributed by atoms with Gasteiger partial charge >= 0.3 is 0 Å². The molecule has 1 aromatic carbocycles. The van der Waals surface area contributed by atoms with Gasteiger partial charge in [-0.2, -0.15) is 5.10 Å². The van der Waals surface area contributed by atoms with E-state index in [2.05, 4.69) is 10.4 Å². The maximum atomic E-state index is 12.7. The molecule has 1 aliphatic rings. The number of carbonyl (C=O) groups is 2. The molecule has 0 fully saturated rings. The summed E-state index contributed by atoms with van der Waals surface area (Å²) in [5.41, 5.74) is 1.71. The van der Waals surface area contributed by atoms with Gasteiger partial charge in [-0.3, -0.25) is 14.3 Å². The molecule has 0 saturated heterocycles. The molecule has 0 spiro atoms. The van der Waals surface area contributed by atoms with Crippen LogP contribution in [-0.4, -0.2) is 39.6 Å². The zero-order valence-electron chi connectivity index (χ0n) is 14.3. The average Bonchev–Trinajstić information content (AvgIpc) is 3.00. The minimum Gasteiger partial charge on any atom is -0.350 e. The number of aromatic nitrogens is 2. The van der Waals surface area contributed by atoms with E-state index in [4.69, 9.17) is 11.6 Å². The van der Waals surface area contributed by atoms with Crippen LogP contribution >= 0.6 is 11.6 Å². The molecule has 0 aliphatic carbocycles. The Morgan fingerprint density at radius 1 is 1.32 bits per heavy atom. The Hall–Kier alpha value is -2.34. The summed E-state index contributed by atoms with van der Waals surface area (Å²) in [5.74, 6) is -0.0116. The van der Waals surface area contributed by atoms with Crippen molar-refractivity contribution in [3.8, 4) is 0 Å². The van der Waals surface area contributed by atoms with Crippen LogP contribution in [0.15, 0.2) is 30.3 Å². The van der Waals surface area contributed by atoms with Gasteiger partial charge in [0.25, 0.3) is 11.8 Å². The van der Waals surface area contributed by atoms with Crippen molar-refractivity contribution in [2.45, 2.75) is 26.9 Å². The first-order valence-corrected chi connectivity index (χ1v) is 8.71. The molecule has 0 saturated carbocycles. The maximum absolute atomic E-state index is 12.7. The number of rotatable bonds is 5. The standard InChI is InChI=1S/C18H21ClN4O2/c1-12(2)10-20-17(24)15-9-16-18(25)22(6-7-23(16)21-15)11-13-4-3-5-14(19)8-13/h3-5,8-9,12H,6-7,10-11H2,1-2H3,(H,20,24). The number of amides is 2. The van der Waals surface area contributed by atoms with Crippen LogP contribution in [0, 0.1) is 5.92 Å². The van der Waals surface area contributed by atoms with Crippen molar-refractivity contribution in [3.05, 3.63) is 52.3 Å². The van der Waals surface area contributed by atoms with Crippen molar-refractivity contribution in [1.82, 2.24) is 20.0 Å². The minimum absolute atomic E-state index is 0.123. The molecule has 1 N–H and O–H groups in total. The fraction of sp³-hybridized carbons (Fsp3) is 0.389. The topological polar surface area (TPSA) is 67.2 Å². The lowest BCUT2D eigenvalue weighted by atomic mass is 10.2. The number of nitrogens with one attached hydrogen (secondary N) is 1. The zero-order chi connectivity index (χ0) is 18.0. The Kier molecular flexibility index (Phi) is 5.08. The number of fused-ring (bicyclic) bond motifs is 1. The van der Waals surface area contributed by atoms with E-state index in [0.29, 0.717) is 42.8 Å². The van der Waals surface area contributed by atoms with Crippen molar-refractivity contribution >= 4 is 23.4 Å². The summed E-state index contributed by atoms with van der Waals surface area (Å²) >= 11 is 6.01. The summed E-state index contributed by atoms with van der Waals surface area (Å²) in [5, 5.41) is 7.75. The van der Waals surface area contributed by atoms with Crippen LogP contribution in [0.25, 0.3) is 0 Å². The fourth-order valence-electron chi connectivity index (χ4n) is 2.74. The van der Waals surface area contributed by atoms with E-state index in [1.807, 2.05) is 32.0 Å². The molecule has 1 aromatic heterocycles. The highest BCUT2D eigenvalue weighted by molar-refractivity contribution is 6.30. The molecule has 1 aliphatic heterocycles. The van der Waals surface area contributed by atoms with Crippen LogP contribution in [0.2, 0.25) is 5.02 Å². The molecule has 0 radical (unpaired) electrons. The fourth-order valence-corrected chi connectivity index (χ4v) is 2.96. The molecule has 2 aromatic rings. The van der Waals surface area contributed by atoms with Gasteiger partial charge in [0, 0.05) is 30.7 Å². The second-order valence-corrected chi connectivity index (χ2v) is 7.03. The number of hydrogen-bond acceptors (Lipinski definition) is 3. The van der Waals surface area contributed by atoms with Gasteiger partial charge in [0.05, 0.1) is 6.54 Å². The number of halogens is 1. The molecule has 0 unspecified atom stereocenters. The van der Waals surface area contributed by atoms with E-state index in [1.165, 1.54) is 0 Å². The van der Waals surface area contributed by atoms with Gasteiger partial charge in [0.1, 0.15) is 5.69 Å². The summed E-state index contributed by atoms with van der Waals surface area (Å²) in [6, 6.07) is 9.04. The predicted molar refractivity (Wildman–Crippen MR) is 95.6 cm³/mol. The van der Waals surface area contributed by atoms with Crippen LogP contribution in [0.4, 0.5) is 0 Å². The third-order valence-corrected chi connectivity index (χ3v) is 4.27. The van der Waals surface area contributed by atoms with Gasteiger partial charge in [-0.25, -0.2) is 0 Å². The Balaban J connectivity index is 1.73. The molecule has 3 rings (SSSR count). The SMILES string of the molecule is CC(C)CNC(=O)c1cc2n(n1)CCN(Cc1cccc(Cl)c1)C2=O. The van der Waals surface area contributed by atoms with Gasteiger partial charge in [0.15, 0.2) is 5.69 Å². The zero-order valence-corrected chi connectivity index (χ0v) is 15.1. The molecule has 132 valence electrons. The summed E-state index contributed by atoms with van der Waals surface area (Å²) < 4.78 is 1.61. The Morgan fingerprint density at radius 3 is 2.84 bits per heavy atom. The van der Waals surface area contributed by atoms with Gasteiger partial charge < -0.3 is 10.2 Å². The van der Waals surface area contributed by atoms with Gasteiger partial charge in [0.2, 0.25) is 0 Å². The summed E-state index contributed by atoms with van der Waals surface area (Å²) in [6.45, 7) is 6.23.